The van der Waals surface area contributed by atoms with E-state index in [0.717, 1.165) is 12.1 Å². The summed E-state index contributed by atoms with van der Waals surface area (Å²) in [6.45, 7) is -0.252. The van der Waals surface area contributed by atoms with Crippen molar-refractivity contribution < 1.29 is 13.5 Å². The fraction of sp³-hybridized carbons (Fsp3) is 0.0833. The fourth-order valence-corrected chi connectivity index (χ4v) is 1.85. The molecule has 6 heteroatoms. The summed E-state index contributed by atoms with van der Waals surface area (Å²) in [5.74, 6) is -1.21. The molecule has 0 amide bonds. The minimum Gasteiger partial charge on any atom is -0.473 e. The SMILES string of the molecule is Fc1cc(Cl)cc(F)c1COc1cccc(Br)n1. The molecular weight excluding hydrogens is 327 g/mol. The predicted molar refractivity (Wildman–Crippen MR) is 67.6 cm³/mol. The van der Waals surface area contributed by atoms with Crippen molar-refractivity contribution in [2.45, 2.75) is 6.61 Å². The normalized spacial score (nSPS) is 10.4. The van der Waals surface area contributed by atoms with E-state index >= 15 is 0 Å². The van der Waals surface area contributed by atoms with E-state index in [4.69, 9.17) is 16.3 Å². The average Bonchev–Trinajstić information content (AvgIpc) is 2.27. The van der Waals surface area contributed by atoms with Crippen molar-refractivity contribution in [2.24, 2.45) is 0 Å². The number of hydrogen-bond donors (Lipinski definition) is 0. The summed E-state index contributed by atoms with van der Waals surface area (Å²) in [4.78, 5) is 3.99. The van der Waals surface area contributed by atoms with Gasteiger partial charge in [-0.3, -0.25) is 0 Å². The van der Waals surface area contributed by atoms with Crippen LogP contribution in [0.15, 0.2) is 34.9 Å². The van der Waals surface area contributed by atoms with Gasteiger partial charge in [-0.25, -0.2) is 13.8 Å². The van der Waals surface area contributed by atoms with Crippen LogP contribution in [-0.2, 0) is 6.61 Å². The third kappa shape index (κ3) is 3.17. The predicted octanol–water partition coefficient (Wildman–Crippen LogP) is 4.35. The van der Waals surface area contributed by atoms with Crippen LogP contribution < -0.4 is 4.74 Å². The van der Waals surface area contributed by atoms with Crippen molar-refractivity contribution in [1.29, 1.82) is 0 Å². The summed E-state index contributed by atoms with van der Waals surface area (Å²) in [6, 6.07) is 7.10. The van der Waals surface area contributed by atoms with Crippen LogP contribution in [0.2, 0.25) is 5.02 Å². The molecule has 94 valence electrons. The van der Waals surface area contributed by atoms with Gasteiger partial charge >= 0.3 is 0 Å². The van der Waals surface area contributed by atoms with Gasteiger partial charge < -0.3 is 4.74 Å². The first-order valence-electron chi connectivity index (χ1n) is 4.95. The van der Waals surface area contributed by atoms with Crippen molar-refractivity contribution in [1.82, 2.24) is 4.98 Å². The Bertz CT molecular complexity index is 557. The number of aromatic nitrogens is 1. The highest BCUT2D eigenvalue weighted by Gasteiger charge is 2.11. The van der Waals surface area contributed by atoms with E-state index in [9.17, 15) is 8.78 Å². The van der Waals surface area contributed by atoms with Crippen LogP contribution >= 0.6 is 27.5 Å². The quantitative estimate of drug-likeness (QED) is 0.778. The van der Waals surface area contributed by atoms with Crippen LogP contribution in [0.25, 0.3) is 0 Å². The van der Waals surface area contributed by atoms with Gasteiger partial charge in [-0.05, 0) is 34.1 Å². The Morgan fingerprint density at radius 2 is 1.89 bits per heavy atom. The number of benzene rings is 1. The van der Waals surface area contributed by atoms with E-state index in [1.165, 1.54) is 0 Å². The third-order valence-electron chi connectivity index (χ3n) is 2.16. The lowest BCUT2D eigenvalue weighted by molar-refractivity contribution is 0.281. The van der Waals surface area contributed by atoms with Crippen LogP contribution in [0.5, 0.6) is 5.88 Å². The summed E-state index contributed by atoms with van der Waals surface area (Å²) in [5.41, 5.74) is -0.179. The number of rotatable bonds is 3. The van der Waals surface area contributed by atoms with E-state index in [1.54, 1.807) is 18.2 Å². The highest BCUT2D eigenvalue weighted by atomic mass is 79.9. The number of ether oxygens (including phenoxy) is 1. The van der Waals surface area contributed by atoms with Gasteiger partial charge in [0.2, 0.25) is 5.88 Å². The zero-order valence-electron chi connectivity index (χ0n) is 8.96. The zero-order chi connectivity index (χ0) is 13.1. The van der Waals surface area contributed by atoms with Crippen molar-refractivity contribution in [3.8, 4) is 5.88 Å². The Hall–Kier alpha value is -1.20. The Morgan fingerprint density at radius 1 is 1.22 bits per heavy atom. The van der Waals surface area contributed by atoms with Crippen LogP contribution in [0.4, 0.5) is 8.78 Å². The standard InChI is InChI=1S/C12H7BrClF2NO/c13-11-2-1-3-12(17-11)18-6-8-9(15)4-7(14)5-10(8)16/h1-5H,6H2. The molecule has 1 heterocycles. The van der Waals surface area contributed by atoms with Crippen molar-refractivity contribution in [3.63, 3.8) is 0 Å². The molecule has 1 aromatic carbocycles. The molecular formula is C12H7BrClF2NO. The first kappa shape index (κ1) is 13.2. The molecule has 1 aromatic heterocycles. The molecule has 0 bridgehead atoms. The average molecular weight is 335 g/mol. The topological polar surface area (TPSA) is 22.1 Å². The van der Waals surface area contributed by atoms with Gasteiger partial charge in [0, 0.05) is 11.1 Å². The Labute approximate surface area is 116 Å². The molecule has 0 N–H and O–H groups in total. The van der Waals surface area contributed by atoms with E-state index in [0.29, 0.717) is 4.60 Å². The Balaban J connectivity index is 2.16. The van der Waals surface area contributed by atoms with Gasteiger partial charge in [0.15, 0.2) is 0 Å². The lowest BCUT2D eigenvalue weighted by Crippen LogP contribution is -2.03. The third-order valence-corrected chi connectivity index (χ3v) is 2.82. The first-order valence-corrected chi connectivity index (χ1v) is 6.12. The van der Waals surface area contributed by atoms with E-state index in [1.807, 2.05) is 0 Å². The lowest BCUT2D eigenvalue weighted by atomic mass is 10.2. The fourth-order valence-electron chi connectivity index (χ4n) is 1.33. The van der Waals surface area contributed by atoms with E-state index < -0.39 is 11.6 Å². The second-order valence-corrected chi connectivity index (χ2v) is 4.68. The largest absolute Gasteiger partial charge is 0.473 e. The molecule has 0 aliphatic heterocycles. The highest BCUT2D eigenvalue weighted by molar-refractivity contribution is 9.10. The monoisotopic (exact) mass is 333 g/mol. The van der Waals surface area contributed by atoms with Crippen LogP contribution in [0.1, 0.15) is 5.56 Å². The number of hydrogen-bond acceptors (Lipinski definition) is 2. The van der Waals surface area contributed by atoms with Crippen LogP contribution in [0, 0.1) is 11.6 Å². The van der Waals surface area contributed by atoms with Gasteiger partial charge in [0.25, 0.3) is 0 Å². The summed E-state index contributed by atoms with van der Waals surface area (Å²) < 4.78 is 32.7. The van der Waals surface area contributed by atoms with Gasteiger partial charge in [0.05, 0.1) is 5.56 Å². The van der Waals surface area contributed by atoms with Gasteiger partial charge in [0.1, 0.15) is 22.8 Å². The smallest absolute Gasteiger partial charge is 0.214 e. The summed E-state index contributed by atoms with van der Waals surface area (Å²) in [7, 11) is 0. The minimum absolute atomic E-state index is 0.00864. The molecule has 0 atom stereocenters. The Kier molecular flexibility index (Phi) is 4.14. The molecule has 2 nitrogen and oxygen atoms in total. The Morgan fingerprint density at radius 3 is 2.50 bits per heavy atom. The zero-order valence-corrected chi connectivity index (χ0v) is 11.3. The second kappa shape index (κ2) is 5.63. The molecule has 18 heavy (non-hydrogen) atoms. The molecule has 0 radical (unpaired) electrons. The van der Waals surface area contributed by atoms with E-state index in [-0.39, 0.29) is 23.1 Å². The van der Waals surface area contributed by atoms with Crippen LogP contribution in [0.3, 0.4) is 0 Å². The molecule has 0 unspecified atom stereocenters. The number of pyridine rings is 1. The maximum absolute atomic E-state index is 13.5. The molecule has 0 fully saturated rings. The molecule has 0 saturated carbocycles. The molecule has 0 aliphatic carbocycles. The van der Waals surface area contributed by atoms with Gasteiger partial charge in [-0.2, -0.15) is 0 Å². The van der Waals surface area contributed by atoms with Gasteiger partial charge in [-0.15, -0.1) is 0 Å². The number of nitrogens with zero attached hydrogens (tertiary/aromatic N) is 1. The molecule has 0 spiro atoms. The van der Waals surface area contributed by atoms with Crippen molar-refractivity contribution in [3.05, 3.63) is 57.2 Å². The summed E-state index contributed by atoms with van der Waals surface area (Å²) in [5, 5.41) is 0.00864. The molecule has 2 aromatic rings. The summed E-state index contributed by atoms with van der Waals surface area (Å²) >= 11 is 8.69. The van der Waals surface area contributed by atoms with E-state index in [2.05, 4.69) is 20.9 Å². The molecule has 0 saturated heterocycles. The molecule has 0 aliphatic rings. The summed E-state index contributed by atoms with van der Waals surface area (Å²) in [6.07, 6.45) is 0. The lowest BCUT2D eigenvalue weighted by Gasteiger charge is -2.08. The molecule has 2 rings (SSSR count). The maximum Gasteiger partial charge on any atom is 0.214 e. The minimum atomic E-state index is -0.741. The van der Waals surface area contributed by atoms with Crippen molar-refractivity contribution in [2.75, 3.05) is 0 Å². The van der Waals surface area contributed by atoms with Crippen LogP contribution in [-0.4, -0.2) is 4.98 Å². The number of halogens is 4. The van der Waals surface area contributed by atoms with Crippen molar-refractivity contribution >= 4 is 27.5 Å². The highest BCUT2D eigenvalue weighted by Crippen LogP contribution is 2.21. The second-order valence-electron chi connectivity index (χ2n) is 3.44. The maximum atomic E-state index is 13.5. The van der Waals surface area contributed by atoms with Gasteiger partial charge in [-0.1, -0.05) is 17.7 Å². The first-order chi connectivity index (χ1) is 8.56.